The molecule has 7 heteroatoms. The quantitative estimate of drug-likeness (QED) is 0.786. The zero-order chi connectivity index (χ0) is 16.9. The Morgan fingerprint density at radius 3 is 2.48 bits per heavy atom. The van der Waals surface area contributed by atoms with E-state index in [0.29, 0.717) is 18.1 Å². The van der Waals surface area contributed by atoms with E-state index in [1.165, 1.54) is 18.3 Å². The van der Waals surface area contributed by atoms with Crippen molar-refractivity contribution in [2.45, 2.75) is 38.5 Å². The van der Waals surface area contributed by atoms with Crippen LogP contribution in [-0.2, 0) is 10.0 Å². The third kappa shape index (κ3) is 4.66. The fourth-order valence-corrected chi connectivity index (χ4v) is 3.00. The Hall–Kier alpha value is -2.15. The Bertz CT molecular complexity index is 759. The van der Waals surface area contributed by atoms with Gasteiger partial charge < -0.3 is 4.74 Å². The van der Waals surface area contributed by atoms with Crippen molar-refractivity contribution in [1.82, 2.24) is 9.97 Å². The van der Waals surface area contributed by atoms with Crippen LogP contribution in [0.2, 0.25) is 0 Å². The van der Waals surface area contributed by atoms with E-state index in [-0.39, 0.29) is 10.7 Å². The third-order valence-corrected chi connectivity index (χ3v) is 4.55. The van der Waals surface area contributed by atoms with Crippen LogP contribution in [0.15, 0.2) is 35.4 Å². The fourth-order valence-electron chi connectivity index (χ4n) is 1.93. The molecule has 0 spiro atoms. The molecule has 2 rings (SSSR count). The zero-order valence-corrected chi connectivity index (χ0v) is 14.4. The largest absolute Gasteiger partial charge is 0.494 e. The maximum atomic E-state index is 12.4. The van der Waals surface area contributed by atoms with E-state index in [9.17, 15) is 8.42 Å². The second kappa shape index (κ2) is 7.41. The van der Waals surface area contributed by atoms with Crippen molar-refractivity contribution < 1.29 is 13.2 Å². The van der Waals surface area contributed by atoms with E-state index < -0.39 is 10.0 Å². The van der Waals surface area contributed by atoms with E-state index in [1.54, 1.807) is 26.0 Å². The van der Waals surface area contributed by atoms with Crippen LogP contribution in [0.1, 0.15) is 31.2 Å². The minimum absolute atomic E-state index is 0.155. The van der Waals surface area contributed by atoms with Crippen molar-refractivity contribution in [3.05, 3.63) is 41.9 Å². The summed E-state index contributed by atoms with van der Waals surface area (Å²) in [4.78, 5) is 8.43. The molecular formula is C16H21N3O3S. The summed E-state index contributed by atoms with van der Waals surface area (Å²) >= 11 is 0. The predicted molar refractivity (Wildman–Crippen MR) is 89.2 cm³/mol. The molecule has 0 atom stereocenters. The lowest BCUT2D eigenvalue weighted by Crippen LogP contribution is -2.15. The second-order valence-corrected chi connectivity index (χ2v) is 6.91. The van der Waals surface area contributed by atoms with Gasteiger partial charge in [-0.25, -0.2) is 13.4 Å². The lowest BCUT2D eigenvalue weighted by molar-refractivity contribution is 0.309. The molecule has 0 aliphatic carbocycles. The second-order valence-electron chi connectivity index (χ2n) is 5.22. The molecule has 1 aromatic carbocycles. The molecule has 0 bridgehead atoms. The first-order valence-corrected chi connectivity index (χ1v) is 8.96. The summed E-state index contributed by atoms with van der Waals surface area (Å²) in [5.41, 5.74) is 1.27. The van der Waals surface area contributed by atoms with Gasteiger partial charge in [0.1, 0.15) is 5.75 Å². The minimum atomic E-state index is -3.70. The number of unbranched alkanes of at least 4 members (excludes halogenated alkanes) is 1. The summed E-state index contributed by atoms with van der Waals surface area (Å²) < 4.78 is 32.8. The first kappa shape index (κ1) is 17.2. The third-order valence-electron chi connectivity index (χ3n) is 3.20. The van der Waals surface area contributed by atoms with Gasteiger partial charge in [-0.1, -0.05) is 13.3 Å². The van der Waals surface area contributed by atoms with Gasteiger partial charge in [-0.2, -0.15) is 0 Å². The van der Waals surface area contributed by atoms with Gasteiger partial charge >= 0.3 is 0 Å². The fraction of sp³-hybridized carbons (Fsp3) is 0.375. The highest BCUT2D eigenvalue weighted by molar-refractivity contribution is 7.92. The molecule has 0 saturated heterocycles. The number of anilines is 1. The molecular weight excluding hydrogens is 314 g/mol. The standard InChI is InChI=1S/C16H21N3O3S/c1-4-5-10-22-14-6-8-15(9-7-14)23(20,21)19-16-13(3)18-12(2)11-17-16/h6-9,11H,4-5,10H2,1-3H3,(H,17,19). The molecule has 0 radical (unpaired) electrons. The number of nitrogens with one attached hydrogen (secondary N) is 1. The molecule has 124 valence electrons. The molecule has 0 aliphatic rings. The highest BCUT2D eigenvalue weighted by Gasteiger charge is 2.16. The Labute approximate surface area is 137 Å². The Morgan fingerprint density at radius 2 is 1.87 bits per heavy atom. The molecule has 0 unspecified atom stereocenters. The number of ether oxygens (including phenoxy) is 1. The van der Waals surface area contributed by atoms with E-state index >= 15 is 0 Å². The predicted octanol–water partition coefficient (Wildman–Crippen LogP) is 3.07. The maximum absolute atomic E-state index is 12.4. The van der Waals surface area contributed by atoms with E-state index in [1.807, 2.05) is 0 Å². The van der Waals surface area contributed by atoms with Crippen LogP contribution < -0.4 is 9.46 Å². The molecule has 0 amide bonds. The van der Waals surface area contributed by atoms with Crippen molar-refractivity contribution in [2.75, 3.05) is 11.3 Å². The van der Waals surface area contributed by atoms with Crippen molar-refractivity contribution in [1.29, 1.82) is 0 Å². The molecule has 2 aromatic rings. The maximum Gasteiger partial charge on any atom is 0.263 e. The summed E-state index contributed by atoms with van der Waals surface area (Å²) in [6, 6.07) is 6.33. The topological polar surface area (TPSA) is 81.2 Å². The van der Waals surface area contributed by atoms with Gasteiger partial charge in [0.15, 0.2) is 5.82 Å². The van der Waals surface area contributed by atoms with Gasteiger partial charge in [0.2, 0.25) is 0 Å². The normalized spacial score (nSPS) is 11.3. The first-order valence-electron chi connectivity index (χ1n) is 7.48. The molecule has 23 heavy (non-hydrogen) atoms. The van der Waals surface area contributed by atoms with Crippen LogP contribution in [0.4, 0.5) is 5.82 Å². The van der Waals surface area contributed by atoms with Crippen molar-refractivity contribution in [2.24, 2.45) is 0 Å². The van der Waals surface area contributed by atoms with Gasteiger partial charge in [0, 0.05) is 0 Å². The van der Waals surface area contributed by atoms with Crippen molar-refractivity contribution in [3.8, 4) is 5.75 Å². The Morgan fingerprint density at radius 1 is 1.17 bits per heavy atom. The highest BCUT2D eigenvalue weighted by atomic mass is 32.2. The number of hydrogen-bond donors (Lipinski definition) is 1. The summed E-state index contributed by atoms with van der Waals surface area (Å²) in [6.07, 6.45) is 3.54. The van der Waals surface area contributed by atoms with Crippen LogP contribution in [0.3, 0.4) is 0 Å². The van der Waals surface area contributed by atoms with Gasteiger partial charge in [-0.15, -0.1) is 0 Å². The molecule has 1 heterocycles. The molecule has 1 N–H and O–H groups in total. The van der Waals surface area contributed by atoms with E-state index in [2.05, 4.69) is 21.6 Å². The van der Waals surface area contributed by atoms with Crippen molar-refractivity contribution in [3.63, 3.8) is 0 Å². The number of nitrogens with zero attached hydrogens (tertiary/aromatic N) is 2. The molecule has 0 aliphatic heterocycles. The lowest BCUT2D eigenvalue weighted by atomic mass is 10.3. The zero-order valence-electron chi connectivity index (χ0n) is 13.5. The van der Waals surface area contributed by atoms with Crippen LogP contribution in [0.25, 0.3) is 0 Å². The molecule has 0 fully saturated rings. The van der Waals surface area contributed by atoms with Crippen LogP contribution in [-0.4, -0.2) is 25.0 Å². The van der Waals surface area contributed by atoms with Crippen LogP contribution in [0, 0.1) is 13.8 Å². The highest BCUT2D eigenvalue weighted by Crippen LogP contribution is 2.19. The van der Waals surface area contributed by atoms with E-state index in [4.69, 9.17) is 4.74 Å². The summed E-state index contributed by atoms with van der Waals surface area (Å²) in [5.74, 6) is 0.891. The number of hydrogen-bond acceptors (Lipinski definition) is 5. The first-order chi connectivity index (χ1) is 10.9. The average Bonchev–Trinajstić information content (AvgIpc) is 2.51. The average molecular weight is 335 g/mol. The number of sulfonamides is 1. The minimum Gasteiger partial charge on any atom is -0.494 e. The lowest BCUT2D eigenvalue weighted by Gasteiger charge is -2.10. The van der Waals surface area contributed by atoms with Crippen LogP contribution >= 0.6 is 0 Å². The summed E-state index contributed by atoms with van der Waals surface area (Å²) in [6.45, 7) is 6.22. The summed E-state index contributed by atoms with van der Waals surface area (Å²) in [7, 11) is -3.70. The molecule has 0 saturated carbocycles. The van der Waals surface area contributed by atoms with E-state index in [0.717, 1.165) is 18.5 Å². The van der Waals surface area contributed by atoms with Gasteiger partial charge in [0.25, 0.3) is 10.0 Å². The Kier molecular flexibility index (Phi) is 5.54. The SMILES string of the molecule is CCCCOc1ccc(S(=O)(=O)Nc2ncc(C)nc2C)cc1. The number of aryl methyl sites for hydroxylation is 2. The van der Waals surface area contributed by atoms with Gasteiger partial charge in [-0.3, -0.25) is 9.71 Å². The van der Waals surface area contributed by atoms with Crippen molar-refractivity contribution >= 4 is 15.8 Å². The summed E-state index contributed by atoms with van der Waals surface area (Å²) in [5, 5.41) is 0. The van der Waals surface area contributed by atoms with Gasteiger partial charge in [0.05, 0.1) is 29.1 Å². The monoisotopic (exact) mass is 335 g/mol. The molecule has 1 aromatic heterocycles. The number of rotatable bonds is 7. The smallest absolute Gasteiger partial charge is 0.263 e. The Balaban J connectivity index is 2.13. The molecule has 6 nitrogen and oxygen atoms in total. The number of benzene rings is 1. The number of aromatic nitrogens is 2. The van der Waals surface area contributed by atoms with Gasteiger partial charge in [-0.05, 0) is 44.5 Å². The van der Waals surface area contributed by atoms with Crippen LogP contribution in [0.5, 0.6) is 5.75 Å².